The molecule has 0 saturated heterocycles. The maximum atomic E-state index is 11.7. The normalized spacial score (nSPS) is 16.3. The van der Waals surface area contributed by atoms with Crippen LogP contribution < -0.4 is 0 Å². The Hall–Kier alpha value is -2.88. The molecular formula is C18H15NO3. The molecule has 0 atom stereocenters. The van der Waals surface area contributed by atoms with Gasteiger partial charge in [-0.1, -0.05) is 42.5 Å². The van der Waals surface area contributed by atoms with E-state index in [4.69, 9.17) is 0 Å². The van der Waals surface area contributed by atoms with E-state index in [2.05, 4.69) is 9.73 Å². The van der Waals surface area contributed by atoms with Crippen molar-refractivity contribution in [3.63, 3.8) is 0 Å². The summed E-state index contributed by atoms with van der Waals surface area (Å²) in [4.78, 5) is 16.0. The van der Waals surface area contributed by atoms with E-state index in [-0.39, 0.29) is 11.3 Å². The first kappa shape index (κ1) is 14.1. The number of rotatable bonds is 2. The summed E-state index contributed by atoms with van der Waals surface area (Å²) in [6, 6.07) is 13.9. The molecule has 0 aromatic heterocycles. The zero-order valence-corrected chi connectivity index (χ0v) is 12.3. The van der Waals surface area contributed by atoms with Gasteiger partial charge in [-0.15, -0.1) is 0 Å². The van der Waals surface area contributed by atoms with E-state index in [1.807, 2.05) is 42.5 Å². The maximum Gasteiger partial charge on any atom is 0.343 e. The molecule has 1 heterocycles. The predicted octanol–water partition coefficient (Wildman–Crippen LogP) is 3.64. The highest BCUT2D eigenvalue weighted by molar-refractivity contribution is 6.22. The minimum Gasteiger partial charge on any atom is -0.505 e. The van der Waals surface area contributed by atoms with Crippen molar-refractivity contribution in [3.8, 4) is 0 Å². The number of esters is 1. The van der Waals surface area contributed by atoms with Crippen LogP contribution in [0, 0.1) is 0 Å². The van der Waals surface area contributed by atoms with Crippen LogP contribution >= 0.6 is 0 Å². The van der Waals surface area contributed by atoms with E-state index in [1.54, 1.807) is 13.0 Å². The van der Waals surface area contributed by atoms with Gasteiger partial charge in [0.05, 0.1) is 12.8 Å². The molecule has 110 valence electrons. The Balaban J connectivity index is 2.13. The van der Waals surface area contributed by atoms with Crippen LogP contribution in [-0.4, -0.2) is 23.9 Å². The van der Waals surface area contributed by atoms with Gasteiger partial charge in [0.25, 0.3) is 0 Å². The molecule has 1 N–H and O–H groups in total. The van der Waals surface area contributed by atoms with E-state index in [0.29, 0.717) is 11.4 Å². The molecule has 0 bridgehead atoms. The number of ether oxygens (including phenoxy) is 1. The fourth-order valence-electron chi connectivity index (χ4n) is 2.56. The minimum absolute atomic E-state index is 0.119. The van der Waals surface area contributed by atoms with Crippen LogP contribution in [0.3, 0.4) is 0 Å². The van der Waals surface area contributed by atoms with Crippen molar-refractivity contribution in [2.24, 2.45) is 4.99 Å². The summed E-state index contributed by atoms with van der Waals surface area (Å²) in [6.07, 6.45) is 1.77. The number of hydrogen-bond donors (Lipinski definition) is 1. The SMILES string of the molecule is COC(=O)C1=C(O)/C(=C\c2cccc3ccccc23)N=C1C. The molecule has 0 spiro atoms. The summed E-state index contributed by atoms with van der Waals surface area (Å²) in [5, 5.41) is 12.4. The Kier molecular flexibility index (Phi) is 3.51. The van der Waals surface area contributed by atoms with E-state index < -0.39 is 5.97 Å². The van der Waals surface area contributed by atoms with Crippen LogP contribution in [-0.2, 0) is 9.53 Å². The van der Waals surface area contributed by atoms with Gasteiger partial charge >= 0.3 is 5.97 Å². The molecule has 22 heavy (non-hydrogen) atoms. The lowest BCUT2D eigenvalue weighted by Crippen LogP contribution is -2.11. The van der Waals surface area contributed by atoms with Gasteiger partial charge in [-0.3, -0.25) is 0 Å². The molecule has 0 saturated carbocycles. The summed E-state index contributed by atoms with van der Waals surface area (Å²) >= 11 is 0. The molecule has 0 unspecified atom stereocenters. The molecule has 0 amide bonds. The molecule has 2 aromatic carbocycles. The van der Waals surface area contributed by atoms with Crippen molar-refractivity contribution in [2.75, 3.05) is 7.11 Å². The molecule has 2 aromatic rings. The summed E-state index contributed by atoms with van der Waals surface area (Å²) in [5.41, 5.74) is 1.88. The third kappa shape index (κ3) is 2.29. The fourth-order valence-corrected chi connectivity index (χ4v) is 2.56. The minimum atomic E-state index is -0.583. The number of methoxy groups -OCH3 is 1. The van der Waals surface area contributed by atoms with Gasteiger partial charge in [0.15, 0.2) is 5.76 Å². The lowest BCUT2D eigenvalue weighted by Gasteiger charge is -2.03. The average Bonchev–Trinajstić information content (AvgIpc) is 2.81. The maximum absolute atomic E-state index is 11.7. The average molecular weight is 293 g/mol. The Morgan fingerprint density at radius 1 is 1.18 bits per heavy atom. The second-order valence-electron chi connectivity index (χ2n) is 5.01. The second kappa shape index (κ2) is 5.48. The zero-order valence-electron chi connectivity index (χ0n) is 12.3. The van der Waals surface area contributed by atoms with Gasteiger partial charge in [0, 0.05) is 0 Å². The summed E-state index contributed by atoms with van der Waals surface area (Å²) in [6.45, 7) is 1.67. The van der Waals surface area contributed by atoms with Gasteiger partial charge < -0.3 is 9.84 Å². The van der Waals surface area contributed by atoms with E-state index in [9.17, 15) is 9.90 Å². The van der Waals surface area contributed by atoms with Gasteiger partial charge in [0.1, 0.15) is 11.3 Å². The molecule has 3 rings (SSSR count). The summed E-state index contributed by atoms with van der Waals surface area (Å²) in [5.74, 6) is -0.725. The topological polar surface area (TPSA) is 58.9 Å². The van der Waals surface area contributed by atoms with Crippen molar-refractivity contribution in [1.82, 2.24) is 0 Å². The second-order valence-corrected chi connectivity index (χ2v) is 5.01. The highest BCUT2D eigenvalue weighted by atomic mass is 16.5. The van der Waals surface area contributed by atoms with Crippen molar-refractivity contribution < 1.29 is 14.6 Å². The summed E-state index contributed by atoms with van der Waals surface area (Å²) in [7, 11) is 1.28. The van der Waals surface area contributed by atoms with Crippen LogP contribution in [0.4, 0.5) is 0 Å². The molecule has 1 aliphatic rings. The number of aliphatic hydroxyl groups excluding tert-OH is 1. The Labute approximate surface area is 128 Å². The molecular weight excluding hydrogens is 278 g/mol. The molecule has 0 radical (unpaired) electrons. The van der Waals surface area contributed by atoms with E-state index in [0.717, 1.165) is 16.3 Å². The van der Waals surface area contributed by atoms with Gasteiger partial charge in [0.2, 0.25) is 0 Å². The van der Waals surface area contributed by atoms with Crippen LogP contribution in [0.25, 0.3) is 16.8 Å². The van der Waals surface area contributed by atoms with Crippen molar-refractivity contribution in [3.05, 3.63) is 65.1 Å². The summed E-state index contributed by atoms with van der Waals surface area (Å²) < 4.78 is 4.68. The molecule has 0 aliphatic carbocycles. The molecule has 4 heteroatoms. The molecule has 4 nitrogen and oxygen atoms in total. The van der Waals surface area contributed by atoms with Crippen molar-refractivity contribution in [2.45, 2.75) is 6.92 Å². The smallest absolute Gasteiger partial charge is 0.343 e. The Bertz CT molecular complexity index is 854. The Morgan fingerprint density at radius 2 is 1.91 bits per heavy atom. The third-order valence-corrected chi connectivity index (χ3v) is 3.63. The predicted molar refractivity (Wildman–Crippen MR) is 86.7 cm³/mol. The first-order valence-electron chi connectivity index (χ1n) is 6.89. The first-order valence-corrected chi connectivity index (χ1v) is 6.89. The van der Waals surface area contributed by atoms with Gasteiger partial charge in [-0.25, -0.2) is 9.79 Å². The largest absolute Gasteiger partial charge is 0.505 e. The number of fused-ring (bicyclic) bond motifs is 1. The number of benzene rings is 2. The molecule has 0 fully saturated rings. The van der Waals surface area contributed by atoms with E-state index >= 15 is 0 Å². The lowest BCUT2D eigenvalue weighted by atomic mass is 10.0. The first-order chi connectivity index (χ1) is 10.6. The fraction of sp³-hybridized carbons (Fsp3) is 0.111. The van der Waals surface area contributed by atoms with Gasteiger partial charge in [-0.05, 0) is 29.3 Å². The monoisotopic (exact) mass is 293 g/mol. The number of aliphatic hydroxyl groups is 1. The van der Waals surface area contributed by atoms with Crippen molar-refractivity contribution in [1.29, 1.82) is 0 Å². The highest BCUT2D eigenvalue weighted by Crippen LogP contribution is 2.28. The third-order valence-electron chi connectivity index (χ3n) is 3.63. The van der Waals surface area contributed by atoms with Crippen LogP contribution in [0.5, 0.6) is 0 Å². The number of carbonyl (C=O) groups excluding carboxylic acids is 1. The van der Waals surface area contributed by atoms with Crippen LogP contribution in [0.2, 0.25) is 0 Å². The number of nitrogens with zero attached hydrogens (tertiary/aromatic N) is 1. The highest BCUT2D eigenvalue weighted by Gasteiger charge is 2.27. The Morgan fingerprint density at radius 3 is 2.68 bits per heavy atom. The number of carbonyl (C=O) groups is 1. The van der Waals surface area contributed by atoms with Crippen molar-refractivity contribution >= 4 is 28.5 Å². The quantitative estimate of drug-likeness (QED) is 0.860. The van der Waals surface area contributed by atoms with Crippen LogP contribution in [0.15, 0.2) is 64.5 Å². The van der Waals surface area contributed by atoms with E-state index in [1.165, 1.54) is 7.11 Å². The number of hydrogen-bond acceptors (Lipinski definition) is 4. The zero-order chi connectivity index (χ0) is 15.7. The molecule has 1 aliphatic heterocycles. The standard InChI is InChI=1S/C18H15NO3/c1-11-16(18(21)22-2)17(20)15(19-11)10-13-8-5-7-12-6-3-4-9-14(12)13/h3-10,20H,1-2H3/b15-10+. The lowest BCUT2D eigenvalue weighted by molar-refractivity contribution is -0.135. The van der Waals surface area contributed by atoms with Crippen LogP contribution in [0.1, 0.15) is 12.5 Å². The van der Waals surface area contributed by atoms with Gasteiger partial charge in [-0.2, -0.15) is 0 Å². The number of aliphatic imine (C=N–C) groups is 1.